The Labute approximate surface area is 116 Å². The van der Waals surface area contributed by atoms with Gasteiger partial charge in [0.25, 0.3) is 10.2 Å². The summed E-state index contributed by atoms with van der Waals surface area (Å²) in [5, 5.41) is 3.22. The molecule has 1 N–H and O–H groups in total. The fourth-order valence-corrected chi connectivity index (χ4v) is 5.81. The van der Waals surface area contributed by atoms with Crippen LogP contribution in [0.4, 0.5) is 0 Å². The Morgan fingerprint density at radius 2 is 1.58 bits per heavy atom. The van der Waals surface area contributed by atoms with E-state index in [2.05, 4.69) is 5.32 Å². The van der Waals surface area contributed by atoms with Crippen LogP contribution in [-0.2, 0) is 10.2 Å². The summed E-state index contributed by atoms with van der Waals surface area (Å²) in [5.74, 6) is 0.611. The molecule has 3 aliphatic rings. The van der Waals surface area contributed by atoms with Crippen molar-refractivity contribution in [3.05, 3.63) is 0 Å². The van der Waals surface area contributed by atoms with E-state index in [0.717, 1.165) is 32.5 Å². The third kappa shape index (κ3) is 2.68. The summed E-state index contributed by atoms with van der Waals surface area (Å²) in [6.07, 6.45) is 7.01. The molecule has 5 nitrogen and oxygen atoms in total. The molecule has 110 valence electrons. The van der Waals surface area contributed by atoms with Crippen LogP contribution in [0.3, 0.4) is 0 Å². The molecule has 0 aromatic carbocycles. The first-order valence-corrected chi connectivity index (χ1v) is 9.07. The predicted molar refractivity (Wildman–Crippen MR) is 75.0 cm³/mol. The zero-order chi connectivity index (χ0) is 13.3. The fourth-order valence-electron chi connectivity index (χ4n) is 3.89. The minimum atomic E-state index is -3.23. The normalized spacial score (nSPS) is 34.9. The van der Waals surface area contributed by atoms with Gasteiger partial charge in [-0.3, -0.25) is 0 Å². The number of hydrogen-bond donors (Lipinski definition) is 1. The van der Waals surface area contributed by atoms with Crippen molar-refractivity contribution in [3.8, 4) is 0 Å². The highest BCUT2D eigenvalue weighted by Crippen LogP contribution is 2.37. The Kier molecular flexibility index (Phi) is 4.12. The van der Waals surface area contributed by atoms with Gasteiger partial charge in [-0.05, 0) is 31.6 Å². The second-order valence-corrected chi connectivity index (χ2v) is 7.90. The van der Waals surface area contributed by atoms with Gasteiger partial charge < -0.3 is 5.32 Å². The molecule has 2 aliphatic heterocycles. The first kappa shape index (κ1) is 13.8. The minimum Gasteiger partial charge on any atom is -0.314 e. The van der Waals surface area contributed by atoms with E-state index < -0.39 is 10.2 Å². The van der Waals surface area contributed by atoms with E-state index >= 15 is 0 Å². The maximum absolute atomic E-state index is 12.8. The van der Waals surface area contributed by atoms with Gasteiger partial charge in [0.15, 0.2) is 0 Å². The van der Waals surface area contributed by atoms with Crippen LogP contribution in [0, 0.1) is 5.92 Å². The predicted octanol–water partition coefficient (Wildman–Crippen LogP) is 0.791. The summed E-state index contributed by atoms with van der Waals surface area (Å²) >= 11 is 0. The first-order chi connectivity index (χ1) is 9.19. The number of fused-ring (bicyclic) bond motifs is 1. The second kappa shape index (κ2) is 5.68. The lowest BCUT2D eigenvalue weighted by Gasteiger charge is -2.45. The SMILES string of the molecule is O=S(=O)(N1CCNCC1)N1CCC[C@H]2CCCC[C@H]21. The number of rotatable bonds is 2. The van der Waals surface area contributed by atoms with E-state index in [0.29, 0.717) is 19.0 Å². The molecule has 3 rings (SSSR count). The van der Waals surface area contributed by atoms with Crippen LogP contribution in [0.25, 0.3) is 0 Å². The van der Waals surface area contributed by atoms with Gasteiger partial charge in [0.05, 0.1) is 0 Å². The van der Waals surface area contributed by atoms with Gasteiger partial charge in [-0.15, -0.1) is 0 Å². The number of piperidine rings is 1. The smallest absolute Gasteiger partial charge is 0.282 e. The molecule has 0 aromatic heterocycles. The van der Waals surface area contributed by atoms with Crippen molar-refractivity contribution in [2.45, 2.75) is 44.6 Å². The topological polar surface area (TPSA) is 52.7 Å². The molecular formula is C13H25N3O2S. The molecule has 6 heteroatoms. The van der Waals surface area contributed by atoms with Crippen LogP contribution in [0.1, 0.15) is 38.5 Å². The summed E-state index contributed by atoms with van der Waals surface area (Å²) in [7, 11) is -3.23. The zero-order valence-corrected chi connectivity index (χ0v) is 12.4. The molecule has 0 radical (unpaired) electrons. The lowest BCUT2D eigenvalue weighted by atomic mass is 9.79. The number of piperazine rings is 1. The average molecular weight is 287 g/mol. The minimum absolute atomic E-state index is 0.280. The molecule has 3 fully saturated rings. The highest BCUT2D eigenvalue weighted by atomic mass is 32.2. The van der Waals surface area contributed by atoms with E-state index in [9.17, 15) is 8.42 Å². The quantitative estimate of drug-likeness (QED) is 0.817. The van der Waals surface area contributed by atoms with Crippen LogP contribution in [0.2, 0.25) is 0 Å². The Balaban J connectivity index is 1.78. The lowest BCUT2D eigenvalue weighted by molar-refractivity contribution is 0.121. The van der Waals surface area contributed by atoms with Gasteiger partial charge in [-0.1, -0.05) is 12.8 Å². The molecule has 0 bridgehead atoms. The number of nitrogens with zero attached hydrogens (tertiary/aromatic N) is 2. The maximum atomic E-state index is 12.8. The van der Waals surface area contributed by atoms with Crippen molar-refractivity contribution in [1.82, 2.24) is 13.9 Å². The van der Waals surface area contributed by atoms with Crippen molar-refractivity contribution in [3.63, 3.8) is 0 Å². The van der Waals surface area contributed by atoms with Gasteiger partial charge in [0, 0.05) is 38.8 Å². The van der Waals surface area contributed by atoms with Crippen LogP contribution in [0.5, 0.6) is 0 Å². The Morgan fingerprint density at radius 3 is 2.37 bits per heavy atom. The third-order valence-corrected chi connectivity index (χ3v) is 6.95. The fraction of sp³-hybridized carbons (Fsp3) is 1.00. The van der Waals surface area contributed by atoms with Gasteiger partial charge in [0.1, 0.15) is 0 Å². The zero-order valence-electron chi connectivity index (χ0n) is 11.6. The van der Waals surface area contributed by atoms with Crippen molar-refractivity contribution >= 4 is 10.2 Å². The monoisotopic (exact) mass is 287 g/mol. The lowest BCUT2D eigenvalue weighted by Crippen LogP contribution is -2.57. The molecule has 0 aromatic rings. The van der Waals surface area contributed by atoms with E-state index in [-0.39, 0.29) is 6.04 Å². The van der Waals surface area contributed by atoms with E-state index in [1.54, 1.807) is 4.31 Å². The molecular weight excluding hydrogens is 262 g/mol. The van der Waals surface area contributed by atoms with E-state index in [4.69, 9.17) is 0 Å². The van der Waals surface area contributed by atoms with Crippen LogP contribution >= 0.6 is 0 Å². The summed E-state index contributed by atoms with van der Waals surface area (Å²) < 4.78 is 29.2. The summed E-state index contributed by atoms with van der Waals surface area (Å²) in [6, 6.07) is 0.280. The van der Waals surface area contributed by atoms with E-state index in [1.165, 1.54) is 25.7 Å². The second-order valence-electron chi connectivity index (χ2n) is 6.02. The third-order valence-electron chi connectivity index (χ3n) is 4.89. The van der Waals surface area contributed by atoms with Crippen LogP contribution in [-0.4, -0.2) is 55.8 Å². The number of nitrogens with one attached hydrogen (secondary N) is 1. The van der Waals surface area contributed by atoms with Crippen LogP contribution < -0.4 is 5.32 Å². The standard InChI is InChI=1S/C13H25N3O2S/c17-19(18,15-10-7-14-8-11-15)16-9-3-5-12-4-1-2-6-13(12)16/h12-14H,1-11H2/t12-,13-/m1/s1. The Bertz CT molecular complexity index is 404. The highest BCUT2D eigenvalue weighted by Gasteiger charge is 2.41. The number of hydrogen-bond acceptors (Lipinski definition) is 3. The molecule has 0 unspecified atom stereocenters. The Hall–Kier alpha value is -0.170. The molecule has 19 heavy (non-hydrogen) atoms. The Morgan fingerprint density at radius 1 is 0.895 bits per heavy atom. The highest BCUT2D eigenvalue weighted by molar-refractivity contribution is 7.86. The van der Waals surface area contributed by atoms with Gasteiger partial charge in [-0.2, -0.15) is 17.0 Å². The van der Waals surface area contributed by atoms with Crippen molar-refractivity contribution in [2.75, 3.05) is 32.7 Å². The molecule has 0 spiro atoms. The molecule has 2 saturated heterocycles. The molecule has 1 aliphatic carbocycles. The molecule has 0 amide bonds. The van der Waals surface area contributed by atoms with Gasteiger partial charge >= 0.3 is 0 Å². The summed E-state index contributed by atoms with van der Waals surface area (Å²) in [6.45, 7) is 3.53. The van der Waals surface area contributed by atoms with Gasteiger partial charge in [0.2, 0.25) is 0 Å². The maximum Gasteiger partial charge on any atom is 0.282 e. The largest absolute Gasteiger partial charge is 0.314 e. The van der Waals surface area contributed by atoms with Gasteiger partial charge in [-0.25, -0.2) is 0 Å². The van der Waals surface area contributed by atoms with E-state index in [1.807, 2.05) is 4.31 Å². The van der Waals surface area contributed by atoms with Crippen molar-refractivity contribution < 1.29 is 8.42 Å². The van der Waals surface area contributed by atoms with Crippen molar-refractivity contribution in [2.24, 2.45) is 5.92 Å². The summed E-state index contributed by atoms with van der Waals surface area (Å²) in [4.78, 5) is 0. The average Bonchev–Trinajstić information content (AvgIpc) is 2.47. The molecule has 2 heterocycles. The molecule has 2 atom stereocenters. The first-order valence-electron chi connectivity index (χ1n) is 7.67. The summed E-state index contributed by atoms with van der Waals surface area (Å²) in [5.41, 5.74) is 0. The van der Waals surface area contributed by atoms with Crippen molar-refractivity contribution in [1.29, 1.82) is 0 Å². The van der Waals surface area contributed by atoms with Crippen LogP contribution in [0.15, 0.2) is 0 Å². The molecule has 1 saturated carbocycles.